The summed E-state index contributed by atoms with van der Waals surface area (Å²) in [6, 6.07) is 16.9. The minimum absolute atomic E-state index is 0.0192. The van der Waals surface area contributed by atoms with Gasteiger partial charge in [-0.1, -0.05) is 48.5 Å². The smallest absolute Gasteiger partial charge is 0.411 e. The molecule has 5 rings (SSSR count). The van der Waals surface area contributed by atoms with Crippen LogP contribution in [0.4, 0.5) is 4.79 Å². The van der Waals surface area contributed by atoms with Gasteiger partial charge in [-0.25, -0.2) is 4.79 Å². The molecule has 1 unspecified atom stereocenters. The first-order valence-corrected chi connectivity index (χ1v) is 9.82. The fourth-order valence-electron chi connectivity index (χ4n) is 4.74. The first-order valence-electron chi connectivity index (χ1n) is 9.82. The predicted molar refractivity (Wildman–Crippen MR) is 104 cm³/mol. The zero-order valence-electron chi connectivity index (χ0n) is 15.8. The van der Waals surface area contributed by atoms with E-state index in [2.05, 4.69) is 17.6 Å². The van der Waals surface area contributed by atoms with E-state index in [1.54, 1.807) is 29.2 Å². The number of hydrogen-bond donors (Lipinski definition) is 1. The molecular weight excluding hydrogens is 370 g/mol. The van der Waals surface area contributed by atoms with Gasteiger partial charge in [-0.05, 0) is 24.5 Å². The molecule has 0 bridgehead atoms. The number of hydrazine groups is 1. The Balaban J connectivity index is 1.36. The van der Waals surface area contributed by atoms with Crippen molar-refractivity contribution in [3.05, 3.63) is 71.3 Å². The largest absolute Gasteiger partial charge is 0.449 e. The molecule has 3 saturated heterocycles. The van der Waals surface area contributed by atoms with E-state index in [1.165, 1.54) is 5.56 Å². The summed E-state index contributed by atoms with van der Waals surface area (Å²) >= 11 is 0. The van der Waals surface area contributed by atoms with Crippen molar-refractivity contribution in [2.24, 2.45) is 0 Å². The molecule has 2 aromatic rings. The lowest BCUT2D eigenvalue weighted by atomic mass is 10.1. The van der Waals surface area contributed by atoms with Crippen molar-refractivity contribution in [3.8, 4) is 0 Å². The Hall–Kier alpha value is -3.19. The molecule has 0 aromatic heterocycles. The van der Waals surface area contributed by atoms with E-state index in [1.807, 2.05) is 23.2 Å². The van der Waals surface area contributed by atoms with E-state index in [0.717, 1.165) is 19.3 Å². The summed E-state index contributed by atoms with van der Waals surface area (Å²) in [7, 11) is 0. The number of aryl methyl sites for hydroxylation is 1. The van der Waals surface area contributed by atoms with Gasteiger partial charge in [0.15, 0.2) is 11.9 Å². The minimum Gasteiger partial charge on any atom is -0.449 e. The number of cyclic esters (lactones) is 1. The van der Waals surface area contributed by atoms with Crippen LogP contribution in [0.3, 0.4) is 0 Å². The molecule has 1 N–H and O–H groups in total. The summed E-state index contributed by atoms with van der Waals surface area (Å²) in [5, 5.41) is 1.87. The molecule has 3 aliphatic rings. The number of ether oxygens (including phenoxy) is 1. The van der Waals surface area contributed by atoms with Crippen molar-refractivity contribution < 1.29 is 19.1 Å². The molecule has 1 spiro atoms. The van der Waals surface area contributed by atoms with Gasteiger partial charge in [0.2, 0.25) is 0 Å². The van der Waals surface area contributed by atoms with Crippen LogP contribution < -0.4 is 5.43 Å². The third-order valence-corrected chi connectivity index (χ3v) is 6.16. The van der Waals surface area contributed by atoms with Crippen molar-refractivity contribution in [3.63, 3.8) is 0 Å². The summed E-state index contributed by atoms with van der Waals surface area (Å²) in [5.41, 5.74) is 4.34. The number of nitrogens with zero attached hydrogens (tertiary/aromatic N) is 2. The van der Waals surface area contributed by atoms with Crippen molar-refractivity contribution in [2.75, 3.05) is 6.61 Å². The van der Waals surface area contributed by atoms with E-state index in [9.17, 15) is 14.4 Å². The number of benzene rings is 2. The third kappa shape index (κ3) is 2.73. The van der Waals surface area contributed by atoms with Gasteiger partial charge in [0.1, 0.15) is 0 Å². The van der Waals surface area contributed by atoms with Crippen LogP contribution in [0.25, 0.3) is 0 Å². The predicted octanol–water partition coefficient (Wildman–Crippen LogP) is 2.38. The highest BCUT2D eigenvalue weighted by Gasteiger charge is 2.86. The number of aldehydes is 1. The number of rotatable bonds is 6. The molecule has 4 atom stereocenters. The van der Waals surface area contributed by atoms with E-state index < -0.39 is 5.66 Å². The number of fused-ring (bicyclic) bond motifs is 3. The molecule has 3 heterocycles. The summed E-state index contributed by atoms with van der Waals surface area (Å²) in [6.45, 7) is 0.406. The Labute approximate surface area is 168 Å². The lowest BCUT2D eigenvalue weighted by Crippen LogP contribution is -2.33. The molecule has 0 aliphatic carbocycles. The summed E-state index contributed by atoms with van der Waals surface area (Å²) in [4.78, 5) is 38.1. The summed E-state index contributed by atoms with van der Waals surface area (Å²) < 4.78 is 5.19. The minimum atomic E-state index is -0.492. The van der Waals surface area contributed by atoms with Crippen LogP contribution in [0.15, 0.2) is 54.6 Å². The second kappa shape index (κ2) is 6.70. The molecule has 7 nitrogen and oxygen atoms in total. The van der Waals surface area contributed by atoms with Gasteiger partial charge in [-0.3, -0.25) is 19.9 Å². The van der Waals surface area contributed by atoms with Gasteiger partial charge in [-0.2, -0.15) is 5.01 Å². The van der Waals surface area contributed by atoms with Gasteiger partial charge in [-0.15, -0.1) is 0 Å². The van der Waals surface area contributed by atoms with E-state index in [0.29, 0.717) is 24.0 Å². The fraction of sp³-hybridized carbons (Fsp3) is 0.318. The lowest BCUT2D eigenvalue weighted by Gasteiger charge is -2.10. The summed E-state index contributed by atoms with van der Waals surface area (Å²) in [6.07, 6.45) is 2.76. The van der Waals surface area contributed by atoms with E-state index in [4.69, 9.17) is 4.74 Å². The molecule has 3 fully saturated rings. The molecule has 7 heteroatoms. The monoisotopic (exact) mass is 391 g/mol. The van der Waals surface area contributed by atoms with Crippen molar-refractivity contribution in [1.29, 1.82) is 0 Å². The van der Waals surface area contributed by atoms with Gasteiger partial charge in [0, 0.05) is 12.0 Å². The first-order chi connectivity index (χ1) is 14.2. The van der Waals surface area contributed by atoms with Crippen molar-refractivity contribution >= 4 is 18.3 Å². The van der Waals surface area contributed by atoms with Crippen LogP contribution in [-0.2, 0) is 11.2 Å². The average molecular weight is 391 g/mol. The zero-order valence-corrected chi connectivity index (χ0v) is 15.8. The molecule has 0 radical (unpaired) electrons. The molecule has 2 amide bonds. The second-order valence-electron chi connectivity index (χ2n) is 7.63. The Morgan fingerprint density at radius 1 is 1.17 bits per heavy atom. The SMILES string of the molecule is O=Cc1ccccc1C(=O)NN1[C@H](CCc2ccccc2)[C@]12[C@@H]1CCOC(=O)N12. The maximum Gasteiger partial charge on any atom is 0.411 e. The third-order valence-electron chi connectivity index (χ3n) is 6.16. The molecule has 148 valence electrons. The Morgan fingerprint density at radius 2 is 1.93 bits per heavy atom. The Bertz CT molecular complexity index is 979. The Morgan fingerprint density at radius 3 is 2.69 bits per heavy atom. The van der Waals surface area contributed by atoms with Gasteiger partial charge in [0.25, 0.3) is 5.91 Å². The highest BCUT2D eigenvalue weighted by Crippen LogP contribution is 2.63. The molecule has 2 aromatic carbocycles. The topological polar surface area (TPSA) is 78.5 Å². The van der Waals surface area contributed by atoms with Crippen LogP contribution in [0.1, 0.15) is 39.1 Å². The van der Waals surface area contributed by atoms with Gasteiger partial charge in [0.05, 0.1) is 24.3 Å². The first kappa shape index (κ1) is 17.9. The number of amides is 2. The molecule has 3 aliphatic heterocycles. The number of carbonyl (C=O) groups excluding carboxylic acids is 3. The maximum absolute atomic E-state index is 12.9. The number of hydrogen-bond acceptors (Lipinski definition) is 5. The van der Waals surface area contributed by atoms with Crippen LogP contribution in [0.2, 0.25) is 0 Å². The van der Waals surface area contributed by atoms with Crippen LogP contribution in [0, 0.1) is 0 Å². The van der Waals surface area contributed by atoms with Crippen molar-refractivity contribution in [2.45, 2.75) is 37.0 Å². The number of carbonyl (C=O) groups is 3. The molecule has 29 heavy (non-hydrogen) atoms. The molecule has 0 saturated carbocycles. The van der Waals surface area contributed by atoms with E-state index >= 15 is 0 Å². The summed E-state index contributed by atoms with van der Waals surface area (Å²) in [5.74, 6) is -0.340. The normalized spacial score (nSPS) is 29.0. The Kier molecular flexibility index (Phi) is 4.13. The average Bonchev–Trinajstić information content (AvgIpc) is 3.62. The van der Waals surface area contributed by atoms with Crippen LogP contribution in [-0.4, -0.2) is 52.5 Å². The van der Waals surface area contributed by atoms with Gasteiger partial charge < -0.3 is 4.74 Å². The van der Waals surface area contributed by atoms with Crippen LogP contribution in [0.5, 0.6) is 0 Å². The van der Waals surface area contributed by atoms with Crippen LogP contribution >= 0.6 is 0 Å². The maximum atomic E-state index is 12.9. The van der Waals surface area contributed by atoms with Crippen molar-refractivity contribution in [1.82, 2.24) is 15.3 Å². The quantitative estimate of drug-likeness (QED) is 0.604. The second-order valence-corrected chi connectivity index (χ2v) is 7.63. The number of nitrogens with one attached hydrogen (secondary N) is 1. The zero-order chi connectivity index (χ0) is 20.0. The van der Waals surface area contributed by atoms with Gasteiger partial charge >= 0.3 is 6.09 Å². The highest BCUT2D eigenvalue weighted by molar-refractivity contribution is 6.01. The standard InChI is InChI=1S/C22H21N3O4/c26-14-16-8-4-5-9-17(16)20(27)23-25-19(11-10-15-6-2-1-3-7-15)22(25)18-12-13-29-21(28)24(18)22/h1-9,14,18-19H,10-13H2,(H,23,27)/t18-,19+,22-,24?,25?/m0/s1. The molecular formula is C22H21N3O4. The van der Waals surface area contributed by atoms with E-state index in [-0.39, 0.29) is 24.1 Å². The highest BCUT2D eigenvalue weighted by atomic mass is 16.6. The lowest BCUT2D eigenvalue weighted by molar-refractivity contribution is 0.0861. The fourth-order valence-corrected chi connectivity index (χ4v) is 4.74.